The first-order chi connectivity index (χ1) is 6.27. The van der Waals surface area contributed by atoms with Gasteiger partial charge in [-0.15, -0.1) is 0 Å². The molecule has 68 valence electrons. The number of rotatable bonds is 2. The van der Waals surface area contributed by atoms with Crippen molar-refractivity contribution in [3.8, 4) is 0 Å². The largest absolute Gasteiger partial charge is 0.274 e. The molecule has 1 aromatic rings. The number of nitrogens with zero attached hydrogens (tertiary/aromatic N) is 2. The summed E-state index contributed by atoms with van der Waals surface area (Å²) in [5.41, 5.74) is 0.870. The van der Waals surface area contributed by atoms with Crippen LogP contribution >= 0.6 is 15.9 Å². The smallest absolute Gasteiger partial charge is 0.212 e. The molecular formula is C9H8BrFN2. The molecular weight excluding hydrogens is 235 g/mol. The van der Waals surface area contributed by atoms with Crippen LogP contribution in [-0.4, -0.2) is 10.1 Å². The van der Waals surface area contributed by atoms with Crippen LogP contribution in [0.15, 0.2) is 23.3 Å². The molecule has 1 aliphatic carbocycles. The molecule has 1 aliphatic rings. The Morgan fingerprint density at radius 2 is 2.31 bits per heavy atom. The zero-order valence-electron chi connectivity index (χ0n) is 6.87. The maximum Gasteiger partial charge on any atom is 0.212 e. The molecule has 0 bridgehead atoms. The van der Waals surface area contributed by atoms with E-state index in [9.17, 15) is 4.39 Å². The van der Waals surface area contributed by atoms with Crippen LogP contribution in [0.1, 0.15) is 18.4 Å². The van der Waals surface area contributed by atoms with E-state index in [4.69, 9.17) is 0 Å². The fourth-order valence-corrected chi connectivity index (χ4v) is 1.75. The Morgan fingerprint density at radius 1 is 1.54 bits per heavy atom. The van der Waals surface area contributed by atoms with Crippen LogP contribution < -0.4 is 0 Å². The quantitative estimate of drug-likeness (QED) is 0.579. The maximum absolute atomic E-state index is 12.5. The highest BCUT2D eigenvalue weighted by molar-refractivity contribution is 9.17. The van der Waals surface area contributed by atoms with Crippen molar-refractivity contribution < 1.29 is 4.39 Å². The Bertz CT molecular complexity index is 330. The average molecular weight is 243 g/mol. The van der Waals surface area contributed by atoms with Gasteiger partial charge in [-0.2, -0.15) is 4.39 Å². The molecule has 4 heteroatoms. The molecule has 0 amide bonds. The van der Waals surface area contributed by atoms with E-state index < -0.39 is 5.95 Å². The maximum atomic E-state index is 12.5. The number of halogens is 2. The molecule has 0 aromatic carbocycles. The van der Waals surface area contributed by atoms with E-state index in [1.807, 2.05) is 0 Å². The third kappa shape index (κ3) is 1.63. The van der Waals surface area contributed by atoms with Crippen molar-refractivity contribution in [1.29, 1.82) is 0 Å². The molecule has 1 heterocycles. The Hall–Kier alpha value is -0.770. The summed E-state index contributed by atoms with van der Waals surface area (Å²) in [4.78, 5) is 7.91. The molecule has 0 unspecified atom stereocenters. The number of aromatic nitrogens is 1. The molecule has 1 aromatic heterocycles. The van der Waals surface area contributed by atoms with Gasteiger partial charge in [0.2, 0.25) is 5.95 Å². The van der Waals surface area contributed by atoms with Crippen LogP contribution in [0.5, 0.6) is 0 Å². The number of pyridine rings is 1. The standard InChI is InChI=1S/C9H8BrFN2/c10-6-13-9(3-4-9)7-1-2-8(11)12-5-7/h1-2,5-6H,3-4H2. The highest BCUT2D eigenvalue weighted by atomic mass is 79.9. The first kappa shape index (κ1) is 8.81. The summed E-state index contributed by atoms with van der Waals surface area (Å²) in [6.45, 7) is 0. The van der Waals surface area contributed by atoms with Crippen molar-refractivity contribution in [2.45, 2.75) is 18.4 Å². The van der Waals surface area contributed by atoms with Crippen molar-refractivity contribution in [2.24, 2.45) is 4.99 Å². The molecule has 0 spiro atoms. The van der Waals surface area contributed by atoms with Crippen molar-refractivity contribution in [2.75, 3.05) is 0 Å². The topological polar surface area (TPSA) is 25.2 Å². The van der Waals surface area contributed by atoms with E-state index in [-0.39, 0.29) is 5.54 Å². The van der Waals surface area contributed by atoms with Gasteiger partial charge < -0.3 is 0 Å². The summed E-state index contributed by atoms with van der Waals surface area (Å²) in [5.74, 6) is -0.442. The Kier molecular flexibility index (Phi) is 2.15. The van der Waals surface area contributed by atoms with E-state index in [0.717, 1.165) is 18.4 Å². The lowest BCUT2D eigenvalue weighted by Crippen LogP contribution is -2.03. The summed E-state index contributed by atoms with van der Waals surface area (Å²) < 4.78 is 12.5. The molecule has 2 nitrogen and oxygen atoms in total. The van der Waals surface area contributed by atoms with E-state index in [2.05, 4.69) is 25.9 Å². The second-order valence-electron chi connectivity index (χ2n) is 3.13. The average Bonchev–Trinajstić information content (AvgIpc) is 2.87. The predicted octanol–water partition coefficient (Wildman–Crippen LogP) is 2.63. The van der Waals surface area contributed by atoms with Gasteiger partial charge in [0.25, 0.3) is 0 Å². The van der Waals surface area contributed by atoms with Gasteiger partial charge in [0.15, 0.2) is 0 Å². The summed E-state index contributed by atoms with van der Waals surface area (Å²) in [7, 11) is 0. The molecule has 2 rings (SSSR count). The molecule has 0 atom stereocenters. The number of hydrogen-bond acceptors (Lipinski definition) is 2. The molecule has 0 aliphatic heterocycles. The summed E-state index contributed by atoms with van der Waals surface area (Å²) >= 11 is 3.15. The van der Waals surface area contributed by atoms with Gasteiger partial charge in [-0.3, -0.25) is 4.99 Å². The van der Waals surface area contributed by atoms with E-state index in [0.29, 0.717) is 0 Å². The van der Waals surface area contributed by atoms with Crippen molar-refractivity contribution in [3.05, 3.63) is 29.8 Å². The molecule has 1 saturated carbocycles. The first-order valence-electron chi connectivity index (χ1n) is 4.03. The second kappa shape index (κ2) is 3.18. The Morgan fingerprint density at radius 3 is 2.77 bits per heavy atom. The van der Waals surface area contributed by atoms with Gasteiger partial charge in [0.05, 0.1) is 10.7 Å². The van der Waals surface area contributed by atoms with Gasteiger partial charge in [0.1, 0.15) is 0 Å². The summed E-state index contributed by atoms with van der Waals surface area (Å²) in [6.07, 6.45) is 3.59. The van der Waals surface area contributed by atoms with Crippen LogP contribution in [0.4, 0.5) is 4.39 Å². The second-order valence-corrected chi connectivity index (χ2v) is 3.54. The Labute approximate surface area is 84.0 Å². The highest BCUT2D eigenvalue weighted by Gasteiger charge is 2.44. The normalized spacial score (nSPS) is 19.2. The lowest BCUT2D eigenvalue weighted by Gasteiger charge is -2.07. The fourth-order valence-electron chi connectivity index (χ4n) is 1.36. The van der Waals surface area contributed by atoms with Gasteiger partial charge in [-0.25, -0.2) is 4.98 Å². The zero-order chi connectivity index (χ0) is 9.31. The van der Waals surface area contributed by atoms with Gasteiger partial charge in [-0.05, 0) is 40.4 Å². The van der Waals surface area contributed by atoms with Crippen LogP contribution in [0.2, 0.25) is 0 Å². The van der Waals surface area contributed by atoms with Gasteiger partial charge in [-0.1, -0.05) is 6.07 Å². The van der Waals surface area contributed by atoms with Crippen LogP contribution in [0.3, 0.4) is 0 Å². The summed E-state index contributed by atoms with van der Waals surface area (Å²) in [6, 6.07) is 3.12. The monoisotopic (exact) mass is 242 g/mol. The van der Waals surface area contributed by atoms with Gasteiger partial charge >= 0.3 is 0 Å². The van der Waals surface area contributed by atoms with Crippen LogP contribution in [-0.2, 0) is 5.54 Å². The van der Waals surface area contributed by atoms with Crippen molar-refractivity contribution >= 4 is 21.1 Å². The van der Waals surface area contributed by atoms with E-state index in [1.165, 1.54) is 6.07 Å². The fraction of sp³-hybridized carbons (Fsp3) is 0.333. The van der Waals surface area contributed by atoms with Crippen LogP contribution in [0, 0.1) is 5.95 Å². The van der Waals surface area contributed by atoms with E-state index >= 15 is 0 Å². The predicted molar refractivity (Wildman–Crippen MR) is 52.5 cm³/mol. The zero-order valence-corrected chi connectivity index (χ0v) is 8.46. The third-order valence-corrected chi connectivity index (χ3v) is 2.49. The molecule has 0 N–H and O–H groups in total. The van der Waals surface area contributed by atoms with Crippen molar-refractivity contribution in [3.63, 3.8) is 0 Å². The van der Waals surface area contributed by atoms with Gasteiger partial charge in [0, 0.05) is 6.20 Å². The minimum absolute atomic E-state index is 0.121. The molecule has 13 heavy (non-hydrogen) atoms. The van der Waals surface area contributed by atoms with Crippen molar-refractivity contribution in [1.82, 2.24) is 4.98 Å². The van der Waals surface area contributed by atoms with Crippen LogP contribution in [0.25, 0.3) is 0 Å². The lowest BCUT2D eigenvalue weighted by molar-refractivity contribution is 0.579. The third-order valence-electron chi connectivity index (χ3n) is 2.28. The molecule has 1 fully saturated rings. The first-order valence-corrected chi connectivity index (χ1v) is 4.94. The minimum atomic E-state index is -0.442. The molecule has 0 radical (unpaired) electrons. The minimum Gasteiger partial charge on any atom is -0.274 e. The van der Waals surface area contributed by atoms with E-state index in [1.54, 1.807) is 17.4 Å². The SMILES string of the molecule is Fc1ccc(C2(N=CBr)CC2)cn1. The number of hydrogen-bond donors (Lipinski definition) is 0. The summed E-state index contributed by atoms with van der Waals surface area (Å²) in [5, 5.41) is 1.61. The Balaban J connectivity index is 2.30. The molecule has 0 saturated heterocycles. The highest BCUT2D eigenvalue weighted by Crippen LogP contribution is 2.49. The number of aliphatic imine (C=N–C) groups is 1. The lowest BCUT2D eigenvalue weighted by atomic mass is 10.1.